The molecule has 0 N–H and O–H groups in total. The van der Waals surface area contributed by atoms with Crippen molar-refractivity contribution in [1.29, 1.82) is 5.26 Å². The lowest BCUT2D eigenvalue weighted by Crippen LogP contribution is -2.40. The Labute approximate surface area is 397 Å². The quantitative estimate of drug-likeness (QED) is 0.166. The van der Waals surface area contributed by atoms with Crippen molar-refractivity contribution in [2.24, 2.45) is 0 Å². The Balaban J connectivity index is 1.26. The average molecular weight is 880 g/mol. The first kappa shape index (κ1) is 38.6. The van der Waals surface area contributed by atoms with Crippen LogP contribution in [0.5, 0.6) is 11.5 Å². The fourth-order valence-electron chi connectivity index (χ4n) is 11.8. The summed E-state index contributed by atoms with van der Waals surface area (Å²) in [5, 5.41) is 16.4. The van der Waals surface area contributed by atoms with Crippen LogP contribution in [-0.2, 0) is 5.41 Å². The van der Waals surface area contributed by atoms with Crippen molar-refractivity contribution in [3.63, 3.8) is 0 Å². The van der Waals surface area contributed by atoms with Gasteiger partial charge >= 0.3 is 0 Å². The number of para-hydroxylation sites is 8. The number of hydrogen-bond donors (Lipinski definition) is 0. The first-order valence-corrected chi connectivity index (χ1v) is 23.1. The summed E-state index contributed by atoms with van der Waals surface area (Å²) in [6.45, 7) is 9.45. The largest absolute Gasteiger partial charge is 0.457 e. The minimum atomic E-state index is -0.820. The number of hydrogen-bond acceptors (Lipinski definition) is 3. The number of nitriles is 1. The maximum absolute atomic E-state index is 12.1. The second-order valence-corrected chi connectivity index (χ2v) is 17.7. The Bertz CT molecular complexity index is 3870. The van der Waals surface area contributed by atoms with Gasteiger partial charge in [-0.3, -0.25) is 0 Å². The topological polar surface area (TPSA) is 50.5 Å². The molecule has 0 saturated heterocycles. The van der Waals surface area contributed by atoms with Crippen molar-refractivity contribution in [2.75, 3.05) is 4.90 Å². The van der Waals surface area contributed by atoms with E-state index >= 15 is 0 Å². The number of nitrogens with zero attached hydrogens (tertiary/aromatic N) is 5. The van der Waals surface area contributed by atoms with E-state index in [0.29, 0.717) is 33.9 Å². The summed E-state index contributed by atoms with van der Waals surface area (Å²) in [6.07, 6.45) is 0. The monoisotopic (exact) mass is 879 g/mol. The molecule has 6 nitrogen and oxygen atoms in total. The Hall–Kier alpha value is -9.62. The van der Waals surface area contributed by atoms with Crippen LogP contribution in [0.4, 0.5) is 22.7 Å². The van der Waals surface area contributed by atoms with Crippen molar-refractivity contribution in [1.82, 2.24) is 9.13 Å². The normalized spacial score (nSPS) is 13.1. The highest BCUT2D eigenvalue weighted by molar-refractivity contribution is 6.15. The molecule has 4 heterocycles. The number of aromatic nitrogens is 2. The van der Waals surface area contributed by atoms with Gasteiger partial charge in [-0.15, -0.1) is 0 Å². The Morgan fingerprint density at radius 2 is 0.812 bits per heavy atom. The summed E-state index contributed by atoms with van der Waals surface area (Å²) in [5.74, 6) is 1.58. The highest BCUT2D eigenvalue weighted by Gasteiger charge is 2.52. The predicted molar refractivity (Wildman–Crippen MR) is 278 cm³/mol. The van der Waals surface area contributed by atoms with E-state index in [1.165, 1.54) is 0 Å². The Morgan fingerprint density at radius 1 is 0.420 bits per heavy atom. The smallest absolute Gasteiger partial charge is 0.221 e. The molecule has 0 atom stereocenters. The molecule has 1 spiro atoms. The highest BCUT2D eigenvalue weighted by atomic mass is 16.5. The van der Waals surface area contributed by atoms with Gasteiger partial charge in [0.1, 0.15) is 17.6 Å². The molecule has 2 aromatic heterocycles. The number of anilines is 3. The van der Waals surface area contributed by atoms with Crippen LogP contribution in [0.25, 0.3) is 71.0 Å². The molecule has 12 aromatic rings. The third-order valence-corrected chi connectivity index (χ3v) is 14.4. The van der Waals surface area contributed by atoms with Gasteiger partial charge in [0.15, 0.2) is 0 Å². The Kier molecular flexibility index (Phi) is 8.23. The molecule has 320 valence electrons. The standard InChI is InChI=1S/C63H37N5O/c1-65-59-58(40-21-3-2-4-22-40)45(39-64)60(66-50-31-13-5-23-41(50)42-24-6-14-32-51(42)66)62(61(59)67-52-33-15-7-25-43(52)44-26-8-16-34-53(44)67)68-54-35-17-9-27-46(54)63(47-28-10-18-36-55(47)68)48-29-11-19-37-56(48)69-57-38-20-12-30-49(57)63/h2-38H. The zero-order valence-corrected chi connectivity index (χ0v) is 37.0. The van der Waals surface area contributed by atoms with Crippen LogP contribution in [0, 0.1) is 17.9 Å². The van der Waals surface area contributed by atoms with Gasteiger partial charge in [-0.05, 0) is 65.2 Å². The lowest BCUT2D eigenvalue weighted by Gasteiger charge is -2.49. The molecule has 2 aliphatic rings. The summed E-state index contributed by atoms with van der Waals surface area (Å²) in [4.78, 5) is 6.97. The molecule has 6 heteroatoms. The van der Waals surface area contributed by atoms with Gasteiger partial charge in [0.25, 0.3) is 0 Å². The highest BCUT2D eigenvalue weighted by Crippen LogP contribution is 2.65. The number of fused-ring (bicyclic) bond motifs is 14. The van der Waals surface area contributed by atoms with Gasteiger partial charge < -0.3 is 18.8 Å². The molecule has 14 rings (SSSR count). The summed E-state index contributed by atoms with van der Waals surface area (Å²) >= 11 is 0. The zero-order chi connectivity index (χ0) is 45.8. The van der Waals surface area contributed by atoms with Crippen LogP contribution in [-0.4, -0.2) is 9.13 Å². The molecule has 0 bridgehead atoms. The van der Waals surface area contributed by atoms with E-state index in [-0.39, 0.29) is 0 Å². The van der Waals surface area contributed by atoms with Gasteiger partial charge in [-0.1, -0.05) is 176 Å². The van der Waals surface area contributed by atoms with Crippen molar-refractivity contribution in [3.05, 3.63) is 264 Å². The third kappa shape index (κ3) is 5.12. The molecule has 0 fully saturated rings. The lowest BCUT2D eigenvalue weighted by molar-refractivity contribution is 0.434. The predicted octanol–water partition coefficient (Wildman–Crippen LogP) is 16.2. The van der Waals surface area contributed by atoms with Crippen molar-refractivity contribution >= 4 is 66.4 Å². The number of benzene rings is 10. The second kappa shape index (κ2) is 14.7. The van der Waals surface area contributed by atoms with Gasteiger partial charge in [0.05, 0.1) is 68.1 Å². The summed E-state index contributed by atoms with van der Waals surface area (Å²) < 4.78 is 11.3. The molecule has 0 amide bonds. The van der Waals surface area contributed by atoms with Crippen LogP contribution < -0.4 is 9.64 Å². The molecule has 10 aromatic carbocycles. The molecular formula is C63H37N5O. The van der Waals surface area contributed by atoms with E-state index in [9.17, 15) is 11.8 Å². The Morgan fingerprint density at radius 3 is 1.28 bits per heavy atom. The molecule has 69 heavy (non-hydrogen) atoms. The van der Waals surface area contributed by atoms with Crippen molar-refractivity contribution in [3.8, 4) is 40.1 Å². The lowest BCUT2D eigenvalue weighted by atomic mass is 9.61. The van der Waals surface area contributed by atoms with Gasteiger partial charge in [-0.25, -0.2) is 4.85 Å². The van der Waals surface area contributed by atoms with Gasteiger partial charge in [0.2, 0.25) is 5.69 Å². The van der Waals surface area contributed by atoms with Crippen LogP contribution in [0.2, 0.25) is 0 Å². The summed E-state index contributed by atoms with van der Waals surface area (Å²) in [6, 6.07) is 80.7. The molecule has 0 unspecified atom stereocenters. The molecule has 2 aliphatic heterocycles. The van der Waals surface area contributed by atoms with E-state index in [1.54, 1.807) is 0 Å². The van der Waals surface area contributed by atoms with Crippen LogP contribution in [0.3, 0.4) is 0 Å². The molecule has 0 aliphatic carbocycles. The van der Waals surface area contributed by atoms with Crippen LogP contribution in [0.15, 0.2) is 224 Å². The summed E-state index contributed by atoms with van der Waals surface area (Å²) in [5.41, 5.74) is 13.1. The van der Waals surface area contributed by atoms with E-state index in [2.05, 4.69) is 207 Å². The van der Waals surface area contributed by atoms with E-state index in [1.807, 2.05) is 42.5 Å². The summed E-state index contributed by atoms with van der Waals surface area (Å²) in [7, 11) is 0. The number of rotatable bonds is 4. The van der Waals surface area contributed by atoms with E-state index in [4.69, 9.17) is 4.74 Å². The fraction of sp³-hybridized carbons (Fsp3) is 0.0159. The maximum atomic E-state index is 12.1. The van der Waals surface area contributed by atoms with Gasteiger partial charge in [-0.2, -0.15) is 5.26 Å². The minimum Gasteiger partial charge on any atom is -0.457 e. The first-order chi connectivity index (χ1) is 34.2. The van der Waals surface area contributed by atoms with Crippen molar-refractivity contribution < 1.29 is 4.74 Å². The second-order valence-electron chi connectivity index (χ2n) is 17.7. The average Bonchev–Trinajstić information content (AvgIpc) is 3.93. The zero-order valence-electron chi connectivity index (χ0n) is 37.0. The van der Waals surface area contributed by atoms with Gasteiger partial charge in [0, 0.05) is 38.2 Å². The minimum absolute atomic E-state index is 0.376. The first-order valence-electron chi connectivity index (χ1n) is 23.1. The number of ether oxygens (including phenoxy) is 1. The van der Waals surface area contributed by atoms with Crippen LogP contribution in [0.1, 0.15) is 27.8 Å². The third-order valence-electron chi connectivity index (χ3n) is 14.4. The molecule has 0 saturated carbocycles. The van der Waals surface area contributed by atoms with Crippen molar-refractivity contribution in [2.45, 2.75) is 5.41 Å². The van der Waals surface area contributed by atoms with E-state index < -0.39 is 5.41 Å². The molecule has 0 radical (unpaired) electrons. The fourth-order valence-corrected chi connectivity index (χ4v) is 11.8. The van der Waals surface area contributed by atoms with Crippen LogP contribution >= 0.6 is 0 Å². The molecular weight excluding hydrogens is 843 g/mol. The SMILES string of the molecule is [C-]#[N+]c1c(-c2ccccc2)c(C#N)c(-n2c3ccccc3c3ccccc32)c(N2c3ccccc3C3(c4ccccc4Oc4ccccc43)c3ccccc32)c1-n1c2ccccc2c2ccccc21. The van der Waals surface area contributed by atoms with E-state index in [0.717, 1.165) is 94.3 Å². The maximum Gasteiger partial charge on any atom is 0.221 e.